The molecule has 0 aliphatic heterocycles. The van der Waals surface area contributed by atoms with Crippen molar-refractivity contribution in [1.29, 1.82) is 0 Å². The Morgan fingerprint density at radius 1 is 1.40 bits per heavy atom. The highest BCUT2D eigenvalue weighted by atomic mass is 19.1. The van der Waals surface area contributed by atoms with Gasteiger partial charge in [0, 0.05) is 12.1 Å². The molecular weight excluding hydrogens is 259 g/mol. The van der Waals surface area contributed by atoms with E-state index in [4.69, 9.17) is 0 Å². The highest BCUT2D eigenvalue weighted by Gasteiger charge is 2.38. The lowest BCUT2D eigenvalue weighted by Gasteiger charge is -2.31. The average Bonchev–Trinajstić information content (AvgIpc) is 2.86. The van der Waals surface area contributed by atoms with Crippen LogP contribution in [-0.4, -0.2) is 23.8 Å². The minimum absolute atomic E-state index is 0.180. The molecule has 5 heteroatoms. The lowest BCUT2D eigenvalue weighted by atomic mass is 9.88. The maximum absolute atomic E-state index is 14.0. The van der Waals surface area contributed by atoms with E-state index >= 15 is 0 Å². The molecule has 3 N–H and O–H groups in total. The number of hydrogen-bond acceptors (Lipinski definition) is 2. The molecule has 1 aromatic carbocycles. The van der Waals surface area contributed by atoms with E-state index in [1.807, 2.05) is 0 Å². The molecule has 0 heterocycles. The topological polar surface area (TPSA) is 61.4 Å². The quantitative estimate of drug-likeness (QED) is 0.792. The van der Waals surface area contributed by atoms with Gasteiger partial charge in [-0.05, 0) is 25.8 Å². The molecule has 1 fully saturated rings. The molecule has 0 spiro atoms. The molecule has 0 saturated heterocycles. The number of hydrogen-bond donors (Lipinski definition) is 3. The number of rotatable bonds is 4. The number of halogens is 1. The molecule has 1 unspecified atom stereocenters. The van der Waals surface area contributed by atoms with Crippen LogP contribution in [0.2, 0.25) is 0 Å². The van der Waals surface area contributed by atoms with Crippen molar-refractivity contribution in [2.24, 2.45) is 0 Å². The molecule has 0 aromatic heterocycles. The largest absolute Gasteiger partial charge is 0.392 e. The van der Waals surface area contributed by atoms with E-state index in [0.717, 1.165) is 25.7 Å². The first-order chi connectivity index (χ1) is 9.53. The van der Waals surface area contributed by atoms with Crippen molar-refractivity contribution in [2.45, 2.75) is 44.2 Å². The van der Waals surface area contributed by atoms with Crippen molar-refractivity contribution in [1.82, 2.24) is 10.6 Å². The van der Waals surface area contributed by atoms with E-state index in [1.54, 1.807) is 25.1 Å². The van der Waals surface area contributed by atoms with Crippen molar-refractivity contribution >= 4 is 6.03 Å². The zero-order chi connectivity index (χ0) is 14.6. The lowest BCUT2D eigenvalue weighted by Crippen LogP contribution is -2.50. The molecule has 1 aliphatic rings. The molecule has 1 atom stereocenters. The summed E-state index contributed by atoms with van der Waals surface area (Å²) in [6.07, 6.45) is 2.79. The van der Waals surface area contributed by atoms with E-state index in [2.05, 4.69) is 10.6 Å². The van der Waals surface area contributed by atoms with Gasteiger partial charge in [-0.1, -0.05) is 31.0 Å². The molecule has 4 nitrogen and oxygen atoms in total. The Hall–Kier alpha value is -1.62. The summed E-state index contributed by atoms with van der Waals surface area (Å²) in [4.78, 5) is 11.9. The first-order valence-electron chi connectivity index (χ1n) is 7.02. The number of carbonyl (C=O) groups excluding carboxylic acids is 1. The second-order valence-electron chi connectivity index (χ2n) is 5.45. The standard InChI is InChI=1S/C15H21FN2O2/c1-11(19)10-17-14(20)18-15(8-4-5-9-15)12-6-2-3-7-13(12)16/h2-3,6-7,11,19H,4-5,8-10H2,1H3,(H2,17,18,20). The summed E-state index contributed by atoms with van der Waals surface area (Å²) in [5.74, 6) is -0.287. The van der Waals surface area contributed by atoms with Crippen LogP contribution in [0.15, 0.2) is 24.3 Å². The van der Waals surface area contributed by atoms with Crippen LogP contribution < -0.4 is 10.6 Å². The number of aliphatic hydroxyl groups is 1. The van der Waals surface area contributed by atoms with Gasteiger partial charge in [-0.3, -0.25) is 0 Å². The van der Waals surface area contributed by atoms with Crippen LogP contribution in [0.5, 0.6) is 0 Å². The first kappa shape index (κ1) is 14.8. The van der Waals surface area contributed by atoms with Gasteiger partial charge in [0.1, 0.15) is 5.82 Å². The highest BCUT2D eigenvalue weighted by Crippen LogP contribution is 2.39. The molecular formula is C15H21FN2O2. The van der Waals surface area contributed by atoms with Gasteiger partial charge in [-0.25, -0.2) is 9.18 Å². The van der Waals surface area contributed by atoms with E-state index in [9.17, 15) is 14.3 Å². The highest BCUT2D eigenvalue weighted by molar-refractivity contribution is 5.75. The third-order valence-corrected chi connectivity index (χ3v) is 3.76. The minimum atomic E-state index is -0.631. The first-order valence-corrected chi connectivity index (χ1v) is 7.02. The Balaban J connectivity index is 2.14. The molecule has 2 rings (SSSR count). The van der Waals surface area contributed by atoms with Gasteiger partial charge >= 0.3 is 6.03 Å². The zero-order valence-corrected chi connectivity index (χ0v) is 11.7. The van der Waals surface area contributed by atoms with Crippen LogP contribution in [0.4, 0.5) is 9.18 Å². The van der Waals surface area contributed by atoms with Crippen LogP contribution in [0.1, 0.15) is 38.2 Å². The molecule has 1 aliphatic carbocycles. The van der Waals surface area contributed by atoms with Crippen molar-refractivity contribution in [3.63, 3.8) is 0 Å². The monoisotopic (exact) mass is 280 g/mol. The maximum atomic E-state index is 14.0. The van der Waals surface area contributed by atoms with Gasteiger partial charge in [0.25, 0.3) is 0 Å². The average molecular weight is 280 g/mol. The van der Waals surface area contributed by atoms with Gasteiger partial charge in [0.2, 0.25) is 0 Å². The van der Waals surface area contributed by atoms with Crippen LogP contribution in [0, 0.1) is 5.82 Å². The fraction of sp³-hybridized carbons (Fsp3) is 0.533. The molecule has 110 valence electrons. The second kappa shape index (κ2) is 6.22. The van der Waals surface area contributed by atoms with Crippen LogP contribution in [0.3, 0.4) is 0 Å². The van der Waals surface area contributed by atoms with E-state index < -0.39 is 11.6 Å². The molecule has 1 saturated carbocycles. The third kappa shape index (κ3) is 3.28. The minimum Gasteiger partial charge on any atom is -0.392 e. The predicted octanol–water partition coefficient (Wildman–Crippen LogP) is 2.28. The Kier molecular flexibility index (Phi) is 4.60. The smallest absolute Gasteiger partial charge is 0.315 e. The number of nitrogens with one attached hydrogen (secondary N) is 2. The molecule has 0 radical (unpaired) electrons. The number of amides is 2. The Labute approximate surface area is 118 Å². The fourth-order valence-electron chi connectivity index (χ4n) is 2.79. The van der Waals surface area contributed by atoms with Crippen LogP contribution in [-0.2, 0) is 5.54 Å². The van der Waals surface area contributed by atoms with Gasteiger partial charge in [0.15, 0.2) is 0 Å². The SMILES string of the molecule is CC(O)CNC(=O)NC1(c2ccccc2F)CCCC1. The number of urea groups is 1. The maximum Gasteiger partial charge on any atom is 0.315 e. The predicted molar refractivity (Wildman–Crippen MR) is 74.8 cm³/mol. The van der Waals surface area contributed by atoms with E-state index in [1.165, 1.54) is 6.07 Å². The van der Waals surface area contributed by atoms with Gasteiger partial charge < -0.3 is 15.7 Å². The van der Waals surface area contributed by atoms with Gasteiger partial charge in [-0.2, -0.15) is 0 Å². The Morgan fingerprint density at radius 3 is 2.65 bits per heavy atom. The van der Waals surface area contributed by atoms with Crippen LogP contribution in [0.25, 0.3) is 0 Å². The molecule has 20 heavy (non-hydrogen) atoms. The van der Waals surface area contributed by atoms with Crippen molar-refractivity contribution in [2.75, 3.05) is 6.54 Å². The van der Waals surface area contributed by atoms with Gasteiger partial charge in [-0.15, -0.1) is 0 Å². The summed E-state index contributed by atoms with van der Waals surface area (Å²) in [7, 11) is 0. The molecule has 0 bridgehead atoms. The second-order valence-corrected chi connectivity index (χ2v) is 5.45. The van der Waals surface area contributed by atoms with Crippen molar-refractivity contribution in [3.05, 3.63) is 35.6 Å². The van der Waals surface area contributed by atoms with Crippen LogP contribution >= 0.6 is 0 Å². The third-order valence-electron chi connectivity index (χ3n) is 3.76. The summed E-state index contributed by atoms with van der Waals surface area (Å²) in [6, 6.07) is 6.22. The summed E-state index contributed by atoms with van der Waals surface area (Å²) in [5, 5.41) is 14.7. The molecule has 2 amide bonds. The summed E-state index contributed by atoms with van der Waals surface area (Å²) in [6.45, 7) is 1.78. The zero-order valence-electron chi connectivity index (χ0n) is 11.7. The van der Waals surface area contributed by atoms with Crippen molar-refractivity contribution < 1.29 is 14.3 Å². The van der Waals surface area contributed by atoms with Crippen molar-refractivity contribution in [3.8, 4) is 0 Å². The van der Waals surface area contributed by atoms with E-state index in [0.29, 0.717) is 5.56 Å². The normalized spacial score (nSPS) is 18.6. The molecule has 1 aromatic rings. The summed E-state index contributed by atoms with van der Waals surface area (Å²) < 4.78 is 14.0. The Bertz CT molecular complexity index is 471. The lowest BCUT2D eigenvalue weighted by molar-refractivity contribution is 0.183. The number of aliphatic hydroxyl groups excluding tert-OH is 1. The number of carbonyl (C=O) groups is 1. The fourth-order valence-corrected chi connectivity index (χ4v) is 2.79. The summed E-state index contributed by atoms with van der Waals surface area (Å²) in [5.41, 5.74) is -0.0848. The Morgan fingerprint density at radius 2 is 2.05 bits per heavy atom. The van der Waals surface area contributed by atoms with Gasteiger partial charge in [0.05, 0.1) is 11.6 Å². The van der Waals surface area contributed by atoms with E-state index in [-0.39, 0.29) is 18.4 Å². The number of benzene rings is 1. The summed E-state index contributed by atoms with van der Waals surface area (Å²) >= 11 is 0.